The van der Waals surface area contributed by atoms with Crippen molar-refractivity contribution in [2.24, 2.45) is 35.5 Å². The Balaban J connectivity index is 0.000000168. The Morgan fingerprint density at radius 2 is 1.17 bits per heavy atom. The van der Waals surface area contributed by atoms with Crippen LogP contribution in [-0.4, -0.2) is 215 Å². The number of carbonyl (C=O) groups excluding carboxylic acids is 7. The van der Waals surface area contributed by atoms with Crippen LogP contribution in [0.4, 0.5) is 4.79 Å². The predicted molar refractivity (Wildman–Crippen MR) is 319 cm³/mol. The zero-order valence-electron chi connectivity index (χ0n) is 48.0. The third kappa shape index (κ3) is 15.0. The van der Waals surface area contributed by atoms with Crippen molar-refractivity contribution in [1.82, 2.24) is 35.0 Å². The first-order valence-corrected chi connectivity index (χ1v) is 29.9. The average molecular weight is 1250 g/mol. The summed E-state index contributed by atoms with van der Waals surface area (Å²) < 4.78 is 26.2. The maximum absolute atomic E-state index is 13.2. The fourth-order valence-electron chi connectivity index (χ4n) is 12.6. The normalized spacial score (nSPS) is 30.7. The van der Waals surface area contributed by atoms with Crippen LogP contribution in [0.3, 0.4) is 0 Å². The van der Waals surface area contributed by atoms with Crippen molar-refractivity contribution >= 4 is 89.3 Å². The number of urea groups is 1. The SMILES string of the molecule is C.CB(O)NC(C)Cc1ccc(OC(=O)C2C(C(=O)N3CCN(C)CC3)[C@@H]3C=C[C@H]2O3)cc1.CC1(c2ccccc2)NC(=O)N(CCCC(=O)C2C(C(=O)O)[C@H]3C=C[C@@H]2O3)C1=O.CN1CCN(C(=O)C2C(C(=O)OCC(Cl)(Cl)Cl)[C@H]3C=C[C@@H]2O3)CC1. The Morgan fingerprint density at radius 1 is 0.709 bits per heavy atom. The van der Waals surface area contributed by atoms with Crippen LogP contribution in [-0.2, 0) is 64.5 Å². The molecule has 6 bridgehead atoms. The highest BCUT2D eigenvalue weighted by atomic mass is 35.6. The van der Waals surface area contributed by atoms with Crippen LogP contribution >= 0.6 is 34.8 Å². The molecule has 6 fully saturated rings. The van der Waals surface area contributed by atoms with E-state index >= 15 is 0 Å². The van der Waals surface area contributed by atoms with Crippen molar-refractivity contribution < 1.29 is 72.2 Å². The number of aliphatic carboxylic acids is 1. The number of carbonyl (C=O) groups is 8. The lowest BCUT2D eigenvalue weighted by atomic mass is 9.79. The van der Waals surface area contributed by atoms with Crippen LogP contribution in [0.15, 0.2) is 91.1 Å². The van der Waals surface area contributed by atoms with Gasteiger partial charge in [-0.2, -0.15) is 0 Å². The van der Waals surface area contributed by atoms with E-state index < -0.39 is 106 Å². The van der Waals surface area contributed by atoms with Gasteiger partial charge in [0.2, 0.25) is 15.6 Å². The van der Waals surface area contributed by atoms with E-state index in [2.05, 4.69) is 20.3 Å². The number of fused-ring (bicyclic) bond motifs is 6. The van der Waals surface area contributed by atoms with E-state index in [-0.39, 0.29) is 69.1 Å². The van der Waals surface area contributed by atoms with Gasteiger partial charge in [-0.3, -0.25) is 38.5 Å². The van der Waals surface area contributed by atoms with Crippen molar-refractivity contribution in [1.29, 1.82) is 0 Å². The molecule has 11 rings (SSSR count). The molecular weight excluding hydrogens is 1180 g/mol. The van der Waals surface area contributed by atoms with E-state index in [4.69, 9.17) is 58.5 Å². The number of carboxylic acids is 1. The predicted octanol–water partition coefficient (Wildman–Crippen LogP) is 3.90. The first kappa shape index (κ1) is 66.2. The summed E-state index contributed by atoms with van der Waals surface area (Å²) in [6.07, 6.45) is 9.18. The standard InChI is InChI=1S/C23H32BN3O5.C21H22N2O6.C15H19Cl3N2O4.CH4/c1-15(25-24(2)30)14-16-4-6-17(7-5-16)31-23(29)21-19-9-8-18(32-19)20(21)22(28)27-12-10-26(3)11-13-27;1-21(12-6-3-2-4-7-12)19(27)23(20(28)22-21)11-5-8-13(24)16-14-9-10-15(29-14)17(16)18(25)26;1-19-4-6-20(7-5-19)13(21)11-9-2-3-10(24-9)12(11)14(22)23-8-15(16,17)18;/h4-9,15,18-21,25,30H,10-14H2,1-3H3;2-4,6-7,9-10,14-17H,5,8,11H2,1H3,(H,22,28)(H,25,26);2-3,9-12H,4-8H2,1H3;1H4/t15?,18-,19+,20?,21?;14-,15+,16?,17?,21?;9-,10+,11?,12?;/m000./s1. The van der Waals surface area contributed by atoms with Crippen LogP contribution in [0.25, 0.3) is 0 Å². The summed E-state index contributed by atoms with van der Waals surface area (Å²) in [6, 6.07) is 16.0. The molecule has 9 aliphatic heterocycles. The minimum atomic E-state index is -1.68. The molecule has 22 nitrogen and oxygen atoms in total. The number of amides is 5. The number of Topliss-reactive ketones (excluding diaryl/α,β-unsaturated/α-hetero) is 1. The molecule has 5 amide bonds. The second kappa shape index (κ2) is 28.2. The third-order valence-corrected chi connectivity index (χ3v) is 17.4. The summed E-state index contributed by atoms with van der Waals surface area (Å²) in [7, 11) is 3.49. The molecule has 2 aromatic rings. The average Bonchev–Trinajstić information content (AvgIpc) is 1.77. The Morgan fingerprint density at radius 3 is 1.65 bits per heavy atom. The number of halogens is 3. The minimum Gasteiger partial charge on any atom is -0.481 e. The maximum atomic E-state index is 13.2. The van der Waals surface area contributed by atoms with Gasteiger partial charge in [0.1, 0.15) is 35.5 Å². The van der Waals surface area contributed by atoms with Gasteiger partial charge in [0, 0.05) is 65.3 Å². The molecule has 0 saturated carbocycles. The maximum Gasteiger partial charge on any atom is 0.373 e. The van der Waals surface area contributed by atoms with E-state index in [9.17, 15) is 48.5 Å². The van der Waals surface area contributed by atoms with Gasteiger partial charge in [0.15, 0.2) is 0 Å². The molecule has 9 heterocycles. The monoisotopic (exact) mass is 1250 g/mol. The van der Waals surface area contributed by atoms with Gasteiger partial charge in [-0.05, 0) is 70.0 Å². The van der Waals surface area contributed by atoms with Crippen molar-refractivity contribution in [3.63, 3.8) is 0 Å². The quantitative estimate of drug-likeness (QED) is 0.0437. The number of rotatable bonds is 17. The largest absolute Gasteiger partial charge is 0.481 e. The zero-order chi connectivity index (χ0) is 61.1. The number of carboxylic acid groups (broad SMARTS) is 1. The summed E-state index contributed by atoms with van der Waals surface area (Å²) in [5.41, 5.74) is 0.617. The Labute approximate surface area is 516 Å². The summed E-state index contributed by atoms with van der Waals surface area (Å²) in [6.45, 7) is 11.0. The second-order valence-electron chi connectivity index (χ2n) is 23.3. The number of imide groups is 1. The molecular formula is C60H77BCl3N7O15. The molecule has 466 valence electrons. The lowest BCUT2D eigenvalue weighted by Crippen LogP contribution is -2.52. The number of piperazine rings is 2. The highest BCUT2D eigenvalue weighted by molar-refractivity contribution is 6.67. The number of hydrogen-bond acceptors (Lipinski definition) is 17. The van der Waals surface area contributed by atoms with Crippen LogP contribution in [0, 0.1) is 35.5 Å². The molecule has 4 N–H and O–H groups in total. The van der Waals surface area contributed by atoms with Gasteiger partial charge >= 0.3 is 31.0 Å². The molecule has 2 aromatic carbocycles. The van der Waals surface area contributed by atoms with Crippen molar-refractivity contribution in [2.45, 2.75) is 99.4 Å². The van der Waals surface area contributed by atoms with E-state index in [0.717, 1.165) is 43.1 Å². The molecule has 26 heteroatoms. The number of nitrogens with zero attached hydrogens (tertiary/aromatic N) is 5. The number of likely N-dealkylation sites (N-methyl/N-ethyl adjacent to an activating group) is 2. The summed E-state index contributed by atoms with van der Waals surface area (Å²) >= 11 is 16.9. The lowest BCUT2D eigenvalue weighted by Gasteiger charge is -2.35. The molecule has 0 radical (unpaired) electrons. The van der Waals surface area contributed by atoms with E-state index in [1.165, 1.54) is 0 Å². The smallest absolute Gasteiger partial charge is 0.373 e. The molecule has 0 aromatic heterocycles. The topological polar surface area (TPSA) is 263 Å². The lowest BCUT2D eigenvalue weighted by molar-refractivity contribution is -0.155. The number of nitrogens with one attached hydrogen (secondary N) is 2. The molecule has 14 atom stereocenters. The van der Waals surface area contributed by atoms with Gasteiger partial charge in [0.05, 0.1) is 60.3 Å². The van der Waals surface area contributed by atoms with Crippen LogP contribution in [0.1, 0.15) is 45.2 Å². The number of ether oxygens (including phenoxy) is 5. The van der Waals surface area contributed by atoms with Crippen molar-refractivity contribution in [2.75, 3.05) is 79.6 Å². The molecule has 8 unspecified atom stereocenters. The van der Waals surface area contributed by atoms with Crippen LogP contribution in [0.5, 0.6) is 5.75 Å². The Kier molecular flexibility index (Phi) is 21.7. The van der Waals surface area contributed by atoms with Gasteiger partial charge in [-0.15, -0.1) is 0 Å². The Hall–Kier alpha value is -5.73. The molecule has 86 heavy (non-hydrogen) atoms. The third-order valence-electron chi connectivity index (χ3n) is 17.1. The Bertz CT molecular complexity index is 2900. The number of esters is 2. The molecule has 9 aliphatic rings. The van der Waals surface area contributed by atoms with Gasteiger partial charge in [-0.1, -0.05) is 128 Å². The molecule has 0 aliphatic carbocycles. The fourth-order valence-corrected chi connectivity index (χ4v) is 12.8. The van der Waals surface area contributed by atoms with E-state index in [1.54, 1.807) is 73.3 Å². The molecule has 6 saturated heterocycles. The van der Waals surface area contributed by atoms with E-state index in [1.807, 2.05) is 62.3 Å². The van der Waals surface area contributed by atoms with Crippen LogP contribution in [0.2, 0.25) is 6.82 Å². The number of benzene rings is 2. The highest BCUT2D eigenvalue weighted by Crippen LogP contribution is 2.44. The zero-order valence-corrected chi connectivity index (χ0v) is 50.3. The first-order chi connectivity index (χ1) is 40.4. The van der Waals surface area contributed by atoms with Gasteiger partial charge in [-0.25, -0.2) is 4.79 Å². The van der Waals surface area contributed by atoms with Gasteiger partial charge < -0.3 is 64.0 Å². The summed E-state index contributed by atoms with van der Waals surface area (Å²) in [5.74, 6) is -6.30. The van der Waals surface area contributed by atoms with E-state index in [0.29, 0.717) is 37.5 Å². The van der Waals surface area contributed by atoms with Gasteiger partial charge in [0.25, 0.3) is 5.91 Å². The first-order valence-electron chi connectivity index (χ1n) is 28.8. The minimum absolute atomic E-state index is 0. The number of alkyl halides is 3. The van der Waals surface area contributed by atoms with Crippen LogP contribution < -0.4 is 15.3 Å². The van der Waals surface area contributed by atoms with Crippen molar-refractivity contribution in [3.05, 3.63) is 102 Å². The number of hydrogen-bond donors (Lipinski definition) is 4. The summed E-state index contributed by atoms with van der Waals surface area (Å²) in [5, 5.41) is 24.6. The number of ketones is 1. The molecule has 0 spiro atoms. The fraction of sp³-hybridized carbons (Fsp3) is 0.567. The highest BCUT2D eigenvalue weighted by Gasteiger charge is 2.57. The van der Waals surface area contributed by atoms with Crippen molar-refractivity contribution in [3.8, 4) is 5.75 Å². The summed E-state index contributed by atoms with van der Waals surface area (Å²) in [4.78, 5) is 110. The second-order valence-corrected chi connectivity index (χ2v) is 25.8.